The summed E-state index contributed by atoms with van der Waals surface area (Å²) in [5, 5.41) is 3.57. The van der Waals surface area contributed by atoms with Crippen molar-refractivity contribution in [1.29, 1.82) is 0 Å². The van der Waals surface area contributed by atoms with Gasteiger partial charge in [0.25, 0.3) is 0 Å². The van der Waals surface area contributed by atoms with Crippen molar-refractivity contribution in [2.75, 3.05) is 26.2 Å². The summed E-state index contributed by atoms with van der Waals surface area (Å²) in [6.45, 7) is 7.74. The molecule has 0 aliphatic carbocycles. The number of nitrogens with one attached hydrogen (secondary N) is 1. The number of hydrogen-bond donors (Lipinski definition) is 1. The molecule has 6 nitrogen and oxygen atoms in total. The van der Waals surface area contributed by atoms with Gasteiger partial charge in [0.2, 0.25) is 15.9 Å². The minimum atomic E-state index is -3.58. The molecule has 0 bridgehead atoms. The van der Waals surface area contributed by atoms with Gasteiger partial charge in [-0.05, 0) is 53.6 Å². The van der Waals surface area contributed by atoms with Crippen LogP contribution < -0.4 is 10.1 Å². The zero-order valence-corrected chi connectivity index (χ0v) is 22.1. The smallest absolute Gasteiger partial charge is 0.224 e. The third-order valence-electron chi connectivity index (χ3n) is 5.87. The van der Waals surface area contributed by atoms with E-state index >= 15 is 0 Å². The summed E-state index contributed by atoms with van der Waals surface area (Å²) in [4.78, 5) is 12.7. The highest BCUT2D eigenvalue weighted by atomic mass is 35.5. The summed E-state index contributed by atoms with van der Waals surface area (Å²) in [6, 6.07) is 12.7. The first-order chi connectivity index (χ1) is 16.0. The Hall–Kier alpha value is -1.80. The minimum Gasteiger partial charge on any atom is -0.492 e. The Morgan fingerprint density at radius 1 is 1.12 bits per heavy atom. The predicted octanol–water partition coefficient (Wildman–Crippen LogP) is 5.03. The van der Waals surface area contributed by atoms with Gasteiger partial charge in [0, 0.05) is 13.1 Å². The monoisotopic (exact) mass is 526 g/mol. The van der Waals surface area contributed by atoms with E-state index in [0.29, 0.717) is 48.1 Å². The molecule has 186 valence electrons. The molecule has 0 aromatic heterocycles. The van der Waals surface area contributed by atoms with Crippen LogP contribution in [0, 0.1) is 5.92 Å². The second-order valence-electron chi connectivity index (χ2n) is 9.62. The molecule has 9 heteroatoms. The van der Waals surface area contributed by atoms with Crippen molar-refractivity contribution >= 4 is 39.1 Å². The van der Waals surface area contributed by atoms with Gasteiger partial charge in [-0.2, -0.15) is 0 Å². The van der Waals surface area contributed by atoms with Gasteiger partial charge in [-0.25, -0.2) is 12.7 Å². The van der Waals surface area contributed by atoms with Gasteiger partial charge in [-0.3, -0.25) is 4.79 Å². The maximum Gasteiger partial charge on any atom is 0.224 e. The zero-order valence-electron chi connectivity index (χ0n) is 19.8. The van der Waals surface area contributed by atoms with E-state index in [1.54, 1.807) is 18.2 Å². The normalized spacial score (nSPS) is 17.4. The Kier molecular flexibility index (Phi) is 8.90. The van der Waals surface area contributed by atoms with Gasteiger partial charge in [0.05, 0.1) is 28.3 Å². The van der Waals surface area contributed by atoms with Crippen molar-refractivity contribution in [1.82, 2.24) is 9.62 Å². The maximum atomic E-state index is 12.9. The molecule has 1 N–H and O–H groups in total. The van der Waals surface area contributed by atoms with Crippen molar-refractivity contribution < 1.29 is 17.9 Å². The molecule has 0 unspecified atom stereocenters. The summed E-state index contributed by atoms with van der Waals surface area (Å²) in [7, 11) is -3.58. The Morgan fingerprint density at radius 2 is 1.82 bits per heavy atom. The quantitative estimate of drug-likeness (QED) is 0.489. The topological polar surface area (TPSA) is 75.7 Å². The highest BCUT2D eigenvalue weighted by Gasteiger charge is 2.32. The molecule has 2 aromatic carbocycles. The molecule has 34 heavy (non-hydrogen) atoms. The van der Waals surface area contributed by atoms with E-state index in [1.807, 2.05) is 24.3 Å². The van der Waals surface area contributed by atoms with E-state index < -0.39 is 10.0 Å². The number of nitrogens with zero attached hydrogens (tertiary/aromatic N) is 1. The molecule has 1 atom stereocenters. The van der Waals surface area contributed by atoms with E-state index in [0.717, 1.165) is 5.75 Å². The van der Waals surface area contributed by atoms with Gasteiger partial charge in [-0.1, -0.05) is 62.2 Å². The fraction of sp³-hybridized carbons (Fsp3) is 0.480. The van der Waals surface area contributed by atoms with Crippen molar-refractivity contribution in [3.05, 3.63) is 63.6 Å². The van der Waals surface area contributed by atoms with E-state index in [-0.39, 0.29) is 29.5 Å². The average Bonchev–Trinajstić information content (AvgIpc) is 2.78. The van der Waals surface area contributed by atoms with E-state index in [1.165, 1.54) is 9.87 Å². The molecular weight excluding hydrogens is 495 g/mol. The first kappa shape index (κ1) is 26.8. The van der Waals surface area contributed by atoms with Crippen LogP contribution in [0.25, 0.3) is 0 Å². The highest BCUT2D eigenvalue weighted by molar-refractivity contribution is 7.88. The lowest BCUT2D eigenvalue weighted by Gasteiger charge is -2.31. The number of ether oxygens (including phenoxy) is 1. The molecular formula is C25H32Cl2N2O4S. The van der Waals surface area contributed by atoms with Crippen molar-refractivity contribution in [2.24, 2.45) is 5.92 Å². The molecule has 3 rings (SSSR count). The SMILES string of the molecule is CC(C)(C)c1ccc(OCCNC(=O)[C@@H]2CCCN(S(=O)(=O)Cc3ccc(Cl)c(Cl)c3)C2)cc1. The first-order valence-electron chi connectivity index (χ1n) is 11.4. The second kappa shape index (κ2) is 11.3. The first-order valence-corrected chi connectivity index (χ1v) is 13.7. The molecule has 1 aliphatic heterocycles. The van der Waals surface area contributed by atoms with Crippen LogP contribution in [0.1, 0.15) is 44.7 Å². The zero-order chi connectivity index (χ0) is 24.9. The second-order valence-corrected chi connectivity index (χ2v) is 12.4. The standard InChI is InChI=1S/C25H32Cl2N2O4S/c1-25(2,3)20-7-9-21(10-8-20)33-14-12-28-24(30)19-5-4-13-29(16-19)34(31,32)17-18-6-11-22(26)23(27)15-18/h6-11,15,19H,4-5,12-14,16-17H2,1-3H3,(H,28,30)/t19-/m1/s1. The van der Waals surface area contributed by atoms with Crippen molar-refractivity contribution in [3.8, 4) is 5.75 Å². The third kappa shape index (κ3) is 7.35. The molecule has 0 saturated carbocycles. The Bertz CT molecular complexity index is 1100. The molecule has 1 saturated heterocycles. The molecule has 0 radical (unpaired) electrons. The van der Waals surface area contributed by atoms with Gasteiger partial charge < -0.3 is 10.1 Å². The Morgan fingerprint density at radius 3 is 2.47 bits per heavy atom. The fourth-order valence-corrected chi connectivity index (χ4v) is 5.80. The summed E-state index contributed by atoms with van der Waals surface area (Å²) < 4.78 is 33.0. The van der Waals surface area contributed by atoms with Crippen LogP contribution in [0.3, 0.4) is 0 Å². The number of piperidine rings is 1. The number of sulfonamides is 1. The Labute approximate surface area is 212 Å². The van der Waals surface area contributed by atoms with Crippen LogP contribution in [-0.2, 0) is 26.0 Å². The van der Waals surface area contributed by atoms with Crippen LogP contribution in [0.2, 0.25) is 10.0 Å². The minimum absolute atomic E-state index is 0.0791. The molecule has 2 aromatic rings. The van der Waals surface area contributed by atoms with E-state index in [4.69, 9.17) is 27.9 Å². The highest BCUT2D eigenvalue weighted by Crippen LogP contribution is 2.26. The maximum absolute atomic E-state index is 12.9. The van der Waals surface area contributed by atoms with Crippen molar-refractivity contribution in [2.45, 2.75) is 44.8 Å². The Balaban J connectivity index is 1.47. The van der Waals surface area contributed by atoms with E-state index in [9.17, 15) is 13.2 Å². The number of benzene rings is 2. The molecule has 1 aliphatic rings. The van der Waals surface area contributed by atoms with Crippen LogP contribution in [-0.4, -0.2) is 44.9 Å². The summed E-state index contributed by atoms with van der Waals surface area (Å²) in [5.41, 5.74) is 1.87. The van der Waals surface area contributed by atoms with Crippen LogP contribution in [0.15, 0.2) is 42.5 Å². The fourth-order valence-electron chi connectivity index (χ4n) is 3.88. The molecule has 1 heterocycles. The molecule has 0 spiro atoms. The number of hydrogen-bond acceptors (Lipinski definition) is 4. The summed E-state index contributed by atoms with van der Waals surface area (Å²) >= 11 is 11.9. The summed E-state index contributed by atoms with van der Waals surface area (Å²) in [5.74, 6) is 0.0316. The number of rotatable bonds is 8. The lowest BCUT2D eigenvalue weighted by atomic mass is 9.87. The van der Waals surface area contributed by atoms with Gasteiger partial charge >= 0.3 is 0 Å². The van der Waals surface area contributed by atoms with Crippen LogP contribution in [0.4, 0.5) is 0 Å². The molecule has 1 amide bonds. The average molecular weight is 528 g/mol. The lowest BCUT2D eigenvalue weighted by Crippen LogP contribution is -2.46. The number of halogens is 2. The van der Waals surface area contributed by atoms with E-state index in [2.05, 4.69) is 26.1 Å². The van der Waals surface area contributed by atoms with Crippen LogP contribution in [0.5, 0.6) is 5.75 Å². The predicted molar refractivity (Wildman–Crippen MR) is 137 cm³/mol. The number of amides is 1. The largest absolute Gasteiger partial charge is 0.492 e. The van der Waals surface area contributed by atoms with Crippen molar-refractivity contribution in [3.63, 3.8) is 0 Å². The van der Waals surface area contributed by atoms with Gasteiger partial charge in [-0.15, -0.1) is 0 Å². The van der Waals surface area contributed by atoms with Gasteiger partial charge in [0.15, 0.2) is 0 Å². The molecule has 1 fully saturated rings. The lowest BCUT2D eigenvalue weighted by molar-refractivity contribution is -0.126. The number of carbonyl (C=O) groups excluding carboxylic acids is 1. The van der Waals surface area contributed by atoms with Gasteiger partial charge in [0.1, 0.15) is 12.4 Å². The summed E-state index contributed by atoms with van der Waals surface area (Å²) in [6.07, 6.45) is 1.29. The van der Waals surface area contributed by atoms with Crippen LogP contribution >= 0.6 is 23.2 Å². The third-order valence-corrected chi connectivity index (χ3v) is 8.43. The number of carbonyl (C=O) groups is 1.